The monoisotopic (exact) mass is 1560 g/mol. The smallest absolute Gasteiger partial charge is 0.203 e. The second-order valence-corrected chi connectivity index (χ2v) is 29.4. The van der Waals surface area contributed by atoms with Gasteiger partial charge in [0.15, 0.2) is 17.5 Å². The van der Waals surface area contributed by atoms with Gasteiger partial charge in [-0.1, -0.05) is 91.6 Å². The van der Waals surface area contributed by atoms with E-state index in [1.54, 1.807) is 57.7 Å². The molecule has 3 aliphatic heterocycles. The van der Waals surface area contributed by atoms with Gasteiger partial charge in [-0.2, -0.15) is 25.0 Å². The average molecular weight is 1560 g/mol. The minimum atomic E-state index is -1.87. The molecule has 3 aliphatic rings. The van der Waals surface area contributed by atoms with Crippen LogP contribution < -0.4 is 34.6 Å². The molecule has 0 amide bonds. The van der Waals surface area contributed by atoms with E-state index in [0.717, 1.165) is 125 Å². The lowest BCUT2D eigenvalue weighted by atomic mass is 10.1. The second-order valence-electron chi connectivity index (χ2n) is 26.2. The Morgan fingerprint density at radius 3 is 1.06 bits per heavy atom. The number of halogens is 2. The van der Waals surface area contributed by atoms with E-state index in [-0.39, 0.29) is 105 Å². The van der Waals surface area contributed by atoms with Crippen LogP contribution in [0.2, 0.25) is 0 Å². The second kappa shape index (κ2) is 39.4. The number of hydrogen-bond donors (Lipinski definition) is 1. The number of carbonyl (C=O) groups excluding carboxylic acids is 5. The summed E-state index contributed by atoms with van der Waals surface area (Å²) in [6, 6.07) is 46.5. The van der Waals surface area contributed by atoms with E-state index in [0.29, 0.717) is 68.5 Å². The molecule has 0 radical (unpaired) electrons. The molecule has 3 saturated heterocycles. The summed E-state index contributed by atoms with van der Waals surface area (Å²) in [5.74, 6) is 4.51. The molecule has 0 aliphatic carbocycles. The van der Waals surface area contributed by atoms with Gasteiger partial charge in [0.05, 0.1) is 74.4 Å². The molecule has 30 heteroatoms. The number of nitrogens with zero attached hydrogens (tertiary/aromatic N) is 15. The van der Waals surface area contributed by atoms with E-state index in [1.165, 1.54) is 46.1 Å². The zero-order valence-corrected chi connectivity index (χ0v) is 63.0. The number of anilines is 4. The minimum absolute atomic E-state index is 0. The Bertz CT molecular complexity index is 4720. The number of Topliss-reactive ketones (excluding diaryl/α,β-unsaturated/α-hetero) is 5. The number of methoxy groups -OCH3 is 3. The molecular formula is C79H85F2N16O8PS3. The van der Waals surface area contributed by atoms with Crippen molar-refractivity contribution in [3.63, 3.8) is 0 Å². The fourth-order valence-electron chi connectivity index (χ4n) is 12.8. The van der Waals surface area contributed by atoms with Crippen LogP contribution in [0.4, 0.5) is 31.4 Å². The number of nitrogen functional groups attached to an aromatic ring is 1. The fraction of sp³-hybridized carbons (Fsp3) is 0.329. The van der Waals surface area contributed by atoms with Crippen LogP contribution in [0, 0.1) is 11.6 Å². The van der Waals surface area contributed by atoms with Crippen molar-refractivity contribution in [2.45, 2.75) is 109 Å². The maximum absolute atomic E-state index is 13.8. The van der Waals surface area contributed by atoms with E-state index in [2.05, 4.69) is 75.9 Å². The summed E-state index contributed by atoms with van der Waals surface area (Å²) in [7, 11) is 2.95. The van der Waals surface area contributed by atoms with Crippen molar-refractivity contribution in [1.82, 2.24) is 61.2 Å². The first-order valence-electron chi connectivity index (χ1n) is 36.3. The number of benzene rings is 5. The summed E-state index contributed by atoms with van der Waals surface area (Å²) in [5.41, 5.74) is 11.2. The molecule has 9 heterocycles. The summed E-state index contributed by atoms with van der Waals surface area (Å²) >= 11 is 4.32. The molecule has 5 aromatic carbocycles. The van der Waals surface area contributed by atoms with Crippen LogP contribution in [0.3, 0.4) is 0 Å². The summed E-state index contributed by atoms with van der Waals surface area (Å²) in [4.78, 5) is 68.8. The SMILES string of the molecule is C.COc1cccc(CC(=O)Cc2ccc(N3CCC(c4nnc(CC(=O)Cc5ccccc5F)s4)C3)nn2)c1.COc1cccc(CC(=O)Cc2ccc(N3CCC(c4nnc(CC(=O)Cc5ccccc5F)s4)C3)nn2)c1.COc1cccc(CC(=O)Cc2ccc(N3CCC(c4nnc(N)s4)C3)nn2)c1.[3H]P([3H])[3H]. The quantitative estimate of drug-likeness (QED) is 0.0426. The molecule has 566 valence electrons. The highest BCUT2D eigenvalue weighted by Gasteiger charge is 2.32. The number of aromatic nitrogens is 12. The molecule has 14 rings (SSSR count). The first kappa shape index (κ1) is 76.5. The van der Waals surface area contributed by atoms with Gasteiger partial charge < -0.3 is 34.6 Å². The molecule has 24 nitrogen and oxygen atoms in total. The normalized spacial score (nSPS) is 15.3. The number of ether oxygens (including phenoxy) is 3. The Labute approximate surface area is 649 Å². The van der Waals surface area contributed by atoms with E-state index in [1.807, 2.05) is 109 Å². The summed E-state index contributed by atoms with van der Waals surface area (Å²) in [5, 5.41) is 55.6. The van der Waals surface area contributed by atoms with Crippen LogP contribution >= 0.6 is 43.7 Å². The zero-order valence-electron chi connectivity index (χ0n) is 62.7. The van der Waals surface area contributed by atoms with Crippen molar-refractivity contribution in [3.8, 4) is 17.2 Å². The Kier molecular flexibility index (Phi) is 27.6. The van der Waals surface area contributed by atoms with Crippen LogP contribution in [-0.2, 0) is 88.2 Å². The summed E-state index contributed by atoms with van der Waals surface area (Å²) in [6.07, 6.45) is 4.80. The van der Waals surface area contributed by atoms with Gasteiger partial charge in [0.2, 0.25) is 5.13 Å². The molecule has 6 aromatic heterocycles. The molecule has 3 unspecified atom stereocenters. The third-order valence-corrected chi connectivity index (χ3v) is 21.3. The standard InChI is InChI=1S/2C29H28FN5O3S.C20H22N6O2S.CH4.H3P/c2*1-38-25-7-4-5-19(14-25)13-23(36)16-22-9-10-27(32-31-22)35-12-11-21(18-35)29-34-33-28(39-29)17-24(37)15-20-6-2-3-8-26(20)30;1-28-17-4-2-3-13(10-17)9-16(27)11-15-5-6-18(23-22-15)26-8-7-14(12-26)19-24-25-20(21)29-19;;/h2*2-10,14,21H,11-13,15-18H2,1H3;2-6,10,14H,7-9,11-12H2,1H3,(H2,21,25);1H4;1H3/i;;;;1T3. The third-order valence-electron chi connectivity index (χ3n) is 18.3. The Morgan fingerprint density at radius 2 is 0.743 bits per heavy atom. The maximum Gasteiger partial charge on any atom is 0.203 e. The van der Waals surface area contributed by atoms with Crippen LogP contribution in [-0.4, -0.2) is 155 Å². The summed E-state index contributed by atoms with van der Waals surface area (Å²) in [6.45, 7) is 4.74. The number of ketones is 5. The molecule has 0 spiro atoms. The van der Waals surface area contributed by atoms with Gasteiger partial charge in [0.25, 0.3) is 0 Å². The molecule has 2 N–H and O–H groups in total. The first-order valence-corrected chi connectivity index (χ1v) is 37.4. The van der Waals surface area contributed by atoms with Gasteiger partial charge in [-0.15, -0.1) is 68.6 Å². The van der Waals surface area contributed by atoms with Crippen molar-refractivity contribution in [3.05, 3.63) is 239 Å². The van der Waals surface area contributed by atoms with Crippen molar-refractivity contribution >= 4 is 95.2 Å². The minimum Gasteiger partial charge on any atom is -0.497 e. The number of rotatable bonds is 29. The van der Waals surface area contributed by atoms with Gasteiger partial charge in [0.1, 0.15) is 82.8 Å². The predicted molar refractivity (Wildman–Crippen MR) is 421 cm³/mol. The van der Waals surface area contributed by atoms with Crippen molar-refractivity contribution < 1.29 is 47.0 Å². The van der Waals surface area contributed by atoms with Gasteiger partial charge >= 0.3 is 0 Å². The van der Waals surface area contributed by atoms with Crippen molar-refractivity contribution in [2.75, 3.05) is 81.0 Å². The largest absolute Gasteiger partial charge is 0.497 e. The molecular weight excluding hydrogens is 1470 g/mol. The van der Waals surface area contributed by atoms with Crippen LogP contribution in [0.5, 0.6) is 17.2 Å². The highest BCUT2D eigenvalue weighted by atomic mass is 32.1. The van der Waals surface area contributed by atoms with E-state index >= 15 is 0 Å². The van der Waals surface area contributed by atoms with Crippen LogP contribution in [0.25, 0.3) is 0 Å². The molecule has 0 saturated carbocycles. The molecule has 11 aromatic rings. The predicted octanol–water partition coefficient (Wildman–Crippen LogP) is 11.3. The van der Waals surface area contributed by atoms with Gasteiger partial charge in [-0.3, -0.25) is 24.0 Å². The first-order chi connectivity index (χ1) is 53.8. The summed E-state index contributed by atoms with van der Waals surface area (Å²) < 4.78 is 61.3. The highest BCUT2D eigenvalue weighted by molar-refractivity contribution is 7.15. The zero-order chi connectivity index (χ0) is 78.2. The lowest BCUT2D eigenvalue weighted by Gasteiger charge is -2.16. The Morgan fingerprint density at radius 1 is 0.413 bits per heavy atom. The lowest BCUT2D eigenvalue weighted by molar-refractivity contribution is -0.118. The molecule has 0 bridgehead atoms. The molecule has 109 heavy (non-hydrogen) atoms. The fourth-order valence-corrected chi connectivity index (χ4v) is 15.5. The average Bonchev–Trinajstić information content (AvgIpc) is 1.72. The highest BCUT2D eigenvalue weighted by Crippen LogP contribution is 2.35. The topological polar surface area (TPSA) is 303 Å². The maximum atomic E-state index is 13.8. The molecule has 3 fully saturated rings. The van der Waals surface area contributed by atoms with Crippen molar-refractivity contribution in [2.24, 2.45) is 0 Å². The van der Waals surface area contributed by atoms with Gasteiger partial charge in [-0.25, -0.2) is 8.78 Å². The van der Waals surface area contributed by atoms with E-state index < -0.39 is 9.73 Å². The number of carbonyl (C=O) groups is 5. The van der Waals surface area contributed by atoms with Crippen LogP contribution in [0.15, 0.2) is 158 Å². The van der Waals surface area contributed by atoms with Gasteiger partial charge in [0, 0.05) is 89.1 Å². The van der Waals surface area contributed by atoms with Crippen LogP contribution in [0.1, 0.15) is 114 Å². The van der Waals surface area contributed by atoms with E-state index in [4.69, 9.17) is 23.8 Å². The third kappa shape index (κ3) is 23.1. The Balaban J connectivity index is 0.000000175. The number of hydrogen-bond acceptors (Lipinski definition) is 27. The lowest BCUT2D eigenvalue weighted by Crippen LogP contribution is -2.21. The number of nitrogens with two attached hydrogens (primary N) is 1. The van der Waals surface area contributed by atoms with E-state index in [9.17, 15) is 32.8 Å². The van der Waals surface area contributed by atoms with Crippen molar-refractivity contribution in [1.29, 1.82) is 3.84 Å². The van der Waals surface area contributed by atoms with Gasteiger partial charge in [-0.05, 0) is 132 Å². The Hall–Kier alpha value is -10.7. The molecule has 3 atom stereocenters.